The van der Waals surface area contributed by atoms with E-state index in [0.717, 1.165) is 31.2 Å². The Morgan fingerprint density at radius 1 is 1.17 bits per heavy atom. The first-order valence-electron chi connectivity index (χ1n) is 8.09. The summed E-state index contributed by atoms with van der Waals surface area (Å²) in [5, 5.41) is 6.60. The first kappa shape index (κ1) is 22.2. The zero-order valence-corrected chi connectivity index (χ0v) is 17.9. The first-order valence-corrected chi connectivity index (χ1v) is 8.09. The molecule has 1 aromatic rings. The van der Waals surface area contributed by atoms with Gasteiger partial charge in [-0.3, -0.25) is 0 Å². The lowest BCUT2D eigenvalue weighted by Gasteiger charge is -2.19. The number of rotatable bonds is 5. The van der Waals surface area contributed by atoms with E-state index in [9.17, 15) is 0 Å². The van der Waals surface area contributed by atoms with Crippen LogP contribution in [0.15, 0.2) is 15.6 Å². The lowest BCUT2D eigenvalue weighted by atomic mass is 9.92. The molecule has 0 saturated heterocycles. The fourth-order valence-electron chi connectivity index (χ4n) is 1.77. The predicted octanol–water partition coefficient (Wildman–Crippen LogP) is 4.08. The third kappa shape index (κ3) is 9.17. The molecule has 134 valence electrons. The Bertz CT molecular complexity index is 484. The van der Waals surface area contributed by atoms with Crippen molar-refractivity contribution >= 4 is 29.9 Å². The standard InChI is InChI=1S/C17H32N4O.HI/c1-8-18-15(19-10-9-16(2,3)4)21-12-14-20-11-13(22-14)17(5,6)7;/h11H,8-10,12H2,1-7H3,(H2,18,19,21);1H. The Kier molecular flexibility index (Phi) is 9.17. The van der Waals surface area contributed by atoms with Gasteiger partial charge in [0.05, 0.1) is 6.20 Å². The van der Waals surface area contributed by atoms with Gasteiger partial charge in [0.1, 0.15) is 12.3 Å². The van der Waals surface area contributed by atoms with Crippen LogP contribution in [0.2, 0.25) is 0 Å². The summed E-state index contributed by atoms with van der Waals surface area (Å²) in [7, 11) is 0. The highest BCUT2D eigenvalue weighted by molar-refractivity contribution is 14.0. The summed E-state index contributed by atoms with van der Waals surface area (Å²) in [6.45, 7) is 17.3. The molecule has 1 aromatic heterocycles. The van der Waals surface area contributed by atoms with Gasteiger partial charge in [-0.15, -0.1) is 24.0 Å². The number of aromatic nitrogens is 1. The first-order chi connectivity index (χ1) is 10.1. The van der Waals surface area contributed by atoms with Gasteiger partial charge >= 0.3 is 0 Å². The van der Waals surface area contributed by atoms with Crippen molar-refractivity contribution in [2.45, 2.75) is 66.8 Å². The van der Waals surface area contributed by atoms with Crippen LogP contribution in [0.4, 0.5) is 0 Å². The average Bonchev–Trinajstić information content (AvgIpc) is 2.83. The maximum Gasteiger partial charge on any atom is 0.216 e. The van der Waals surface area contributed by atoms with E-state index in [2.05, 4.69) is 69.1 Å². The summed E-state index contributed by atoms with van der Waals surface area (Å²) in [5.74, 6) is 2.35. The van der Waals surface area contributed by atoms with E-state index in [1.165, 1.54) is 0 Å². The summed E-state index contributed by atoms with van der Waals surface area (Å²) < 4.78 is 5.76. The van der Waals surface area contributed by atoms with E-state index in [-0.39, 0.29) is 29.4 Å². The van der Waals surface area contributed by atoms with Gasteiger partial charge in [0.2, 0.25) is 5.89 Å². The van der Waals surface area contributed by atoms with Crippen molar-refractivity contribution < 1.29 is 4.42 Å². The second kappa shape index (κ2) is 9.49. The number of halogens is 1. The molecule has 5 nitrogen and oxygen atoms in total. The van der Waals surface area contributed by atoms with E-state index in [1.54, 1.807) is 6.20 Å². The highest BCUT2D eigenvalue weighted by Gasteiger charge is 2.19. The topological polar surface area (TPSA) is 62.5 Å². The van der Waals surface area contributed by atoms with Gasteiger partial charge in [0, 0.05) is 18.5 Å². The summed E-state index contributed by atoms with van der Waals surface area (Å²) in [5.41, 5.74) is 0.291. The molecule has 0 spiro atoms. The highest BCUT2D eigenvalue weighted by Crippen LogP contribution is 2.22. The van der Waals surface area contributed by atoms with Gasteiger partial charge in [-0.25, -0.2) is 9.98 Å². The number of aliphatic imine (C=N–C) groups is 1. The van der Waals surface area contributed by atoms with Crippen molar-refractivity contribution in [2.75, 3.05) is 13.1 Å². The number of hydrogen-bond donors (Lipinski definition) is 2. The minimum atomic E-state index is -0.0234. The third-order valence-electron chi connectivity index (χ3n) is 3.18. The van der Waals surface area contributed by atoms with Gasteiger partial charge in [-0.2, -0.15) is 0 Å². The molecule has 0 aliphatic rings. The largest absolute Gasteiger partial charge is 0.443 e. The van der Waals surface area contributed by atoms with Gasteiger partial charge < -0.3 is 15.1 Å². The number of guanidine groups is 1. The molecule has 23 heavy (non-hydrogen) atoms. The zero-order valence-electron chi connectivity index (χ0n) is 15.6. The molecule has 0 unspecified atom stereocenters. The van der Waals surface area contributed by atoms with Crippen molar-refractivity contribution in [3.8, 4) is 0 Å². The SMILES string of the molecule is CCNC(=NCc1ncc(C(C)(C)C)o1)NCCC(C)(C)C.I. The minimum absolute atomic E-state index is 0. The summed E-state index contributed by atoms with van der Waals surface area (Å²) >= 11 is 0. The van der Waals surface area contributed by atoms with Crippen LogP contribution in [0.25, 0.3) is 0 Å². The minimum Gasteiger partial charge on any atom is -0.443 e. The quantitative estimate of drug-likeness (QED) is 0.415. The summed E-state index contributed by atoms with van der Waals surface area (Å²) in [6, 6.07) is 0. The smallest absolute Gasteiger partial charge is 0.216 e. The lowest BCUT2D eigenvalue weighted by molar-refractivity contribution is 0.376. The van der Waals surface area contributed by atoms with Crippen molar-refractivity contribution in [2.24, 2.45) is 10.4 Å². The maximum absolute atomic E-state index is 5.76. The van der Waals surface area contributed by atoms with Crippen LogP contribution in [0.1, 0.15) is 66.5 Å². The van der Waals surface area contributed by atoms with Crippen LogP contribution in [0.5, 0.6) is 0 Å². The van der Waals surface area contributed by atoms with E-state index < -0.39 is 0 Å². The van der Waals surface area contributed by atoms with Gasteiger partial charge in [0.25, 0.3) is 0 Å². The predicted molar refractivity (Wildman–Crippen MR) is 108 cm³/mol. The van der Waals surface area contributed by atoms with Crippen LogP contribution in [-0.2, 0) is 12.0 Å². The molecule has 6 heteroatoms. The summed E-state index contributed by atoms with van der Waals surface area (Å²) in [4.78, 5) is 8.84. The average molecular weight is 436 g/mol. The van der Waals surface area contributed by atoms with Gasteiger partial charge in [-0.05, 0) is 18.8 Å². The van der Waals surface area contributed by atoms with Crippen LogP contribution < -0.4 is 10.6 Å². The molecule has 0 aliphatic heterocycles. The molecule has 0 saturated carbocycles. The number of hydrogen-bond acceptors (Lipinski definition) is 3. The molecule has 1 heterocycles. The molecule has 0 bridgehead atoms. The number of oxazole rings is 1. The van der Waals surface area contributed by atoms with E-state index in [1.807, 2.05) is 0 Å². The molecule has 1 rings (SSSR count). The van der Waals surface area contributed by atoms with Crippen LogP contribution in [-0.4, -0.2) is 24.0 Å². The zero-order chi connectivity index (χ0) is 16.8. The molecule has 0 radical (unpaired) electrons. The molecule has 0 atom stereocenters. The van der Waals surface area contributed by atoms with Crippen LogP contribution in [0, 0.1) is 5.41 Å². The molecular weight excluding hydrogens is 403 g/mol. The third-order valence-corrected chi connectivity index (χ3v) is 3.18. The Labute approximate surface area is 158 Å². The molecule has 2 N–H and O–H groups in total. The van der Waals surface area contributed by atoms with Gasteiger partial charge in [0.15, 0.2) is 5.96 Å². The van der Waals surface area contributed by atoms with Crippen molar-refractivity contribution in [1.29, 1.82) is 0 Å². The van der Waals surface area contributed by atoms with Crippen molar-refractivity contribution in [3.05, 3.63) is 17.8 Å². The number of nitrogens with zero attached hydrogens (tertiary/aromatic N) is 2. The van der Waals surface area contributed by atoms with Crippen molar-refractivity contribution in [3.63, 3.8) is 0 Å². The highest BCUT2D eigenvalue weighted by atomic mass is 127. The Morgan fingerprint density at radius 3 is 2.30 bits per heavy atom. The van der Waals surface area contributed by atoms with E-state index in [0.29, 0.717) is 17.9 Å². The summed E-state index contributed by atoms with van der Waals surface area (Å²) in [6.07, 6.45) is 2.88. The van der Waals surface area contributed by atoms with E-state index in [4.69, 9.17) is 4.42 Å². The fraction of sp³-hybridized carbons (Fsp3) is 0.765. The molecule has 0 aromatic carbocycles. The second-order valence-electron chi connectivity index (χ2n) is 7.80. The lowest BCUT2D eigenvalue weighted by Crippen LogP contribution is -2.38. The maximum atomic E-state index is 5.76. The van der Waals surface area contributed by atoms with Gasteiger partial charge in [-0.1, -0.05) is 41.5 Å². The monoisotopic (exact) mass is 436 g/mol. The van der Waals surface area contributed by atoms with Crippen LogP contribution in [0.3, 0.4) is 0 Å². The second-order valence-corrected chi connectivity index (χ2v) is 7.80. The Balaban J connectivity index is 0.00000484. The molecule has 0 amide bonds. The Hall–Kier alpha value is -0.790. The van der Waals surface area contributed by atoms with Crippen molar-refractivity contribution in [1.82, 2.24) is 15.6 Å². The fourth-order valence-corrected chi connectivity index (χ4v) is 1.77. The number of nitrogens with one attached hydrogen (secondary N) is 2. The molecular formula is C17H33IN4O. The normalized spacial score (nSPS) is 12.7. The molecule has 0 aliphatic carbocycles. The molecule has 0 fully saturated rings. The Morgan fingerprint density at radius 2 is 1.83 bits per heavy atom. The van der Waals surface area contributed by atoms with Crippen LogP contribution >= 0.6 is 24.0 Å². The van der Waals surface area contributed by atoms with E-state index >= 15 is 0 Å².